The van der Waals surface area contributed by atoms with Crippen LogP contribution in [0, 0.1) is 0 Å². The molecule has 0 spiro atoms. The van der Waals surface area contributed by atoms with Crippen molar-refractivity contribution in [1.29, 1.82) is 0 Å². The van der Waals surface area contributed by atoms with Crippen LogP contribution in [0.2, 0.25) is 0 Å². The summed E-state index contributed by atoms with van der Waals surface area (Å²) in [5.41, 5.74) is 0. The predicted octanol–water partition coefficient (Wildman–Crippen LogP) is -0.578. The van der Waals surface area contributed by atoms with Gasteiger partial charge in [0.2, 0.25) is 5.91 Å². The molecule has 0 aliphatic carbocycles. The standard InChI is InChI=1S/C8H15NO3/c1-2-8(12)9-6-7(11)4-3-5-10/h2,7,10-11H,1,3-6H2,(H,9,12). The summed E-state index contributed by atoms with van der Waals surface area (Å²) >= 11 is 0. The molecule has 0 aromatic heterocycles. The predicted molar refractivity (Wildman–Crippen MR) is 45.5 cm³/mol. The molecule has 12 heavy (non-hydrogen) atoms. The summed E-state index contributed by atoms with van der Waals surface area (Å²) in [5.74, 6) is -0.293. The van der Waals surface area contributed by atoms with Crippen molar-refractivity contribution in [3.05, 3.63) is 12.7 Å². The van der Waals surface area contributed by atoms with Crippen molar-refractivity contribution in [3.63, 3.8) is 0 Å². The maximum Gasteiger partial charge on any atom is 0.243 e. The van der Waals surface area contributed by atoms with Crippen molar-refractivity contribution < 1.29 is 15.0 Å². The Bertz CT molecular complexity index is 147. The Labute approximate surface area is 71.9 Å². The first-order valence-corrected chi connectivity index (χ1v) is 3.90. The summed E-state index contributed by atoms with van der Waals surface area (Å²) in [7, 11) is 0. The van der Waals surface area contributed by atoms with Gasteiger partial charge in [-0.25, -0.2) is 0 Å². The van der Waals surface area contributed by atoms with Gasteiger partial charge in [0.15, 0.2) is 0 Å². The highest BCUT2D eigenvalue weighted by Gasteiger charge is 2.03. The van der Waals surface area contributed by atoms with Crippen LogP contribution in [-0.2, 0) is 4.79 Å². The Hall–Kier alpha value is -0.870. The van der Waals surface area contributed by atoms with Crippen LogP contribution >= 0.6 is 0 Å². The lowest BCUT2D eigenvalue weighted by atomic mass is 10.2. The quantitative estimate of drug-likeness (QED) is 0.471. The van der Waals surface area contributed by atoms with Crippen LogP contribution in [0.1, 0.15) is 12.8 Å². The molecule has 0 heterocycles. The van der Waals surface area contributed by atoms with Crippen LogP contribution in [0.4, 0.5) is 0 Å². The van der Waals surface area contributed by atoms with Gasteiger partial charge in [-0.2, -0.15) is 0 Å². The van der Waals surface area contributed by atoms with E-state index in [0.29, 0.717) is 12.8 Å². The molecular formula is C8H15NO3. The minimum atomic E-state index is -0.582. The highest BCUT2D eigenvalue weighted by atomic mass is 16.3. The summed E-state index contributed by atoms with van der Waals surface area (Å²) < 4.78 is 0. The number of aliphatic hydroxyl groups is 2. The van der Waals surface area contributed by atoms with Gasteiger partial charge in [0.1, 0.15) is 0 Å². The van der Waals surface area contributed by atoms with Crippen LogP contribution in [0.25, 0.3) is 0 Å². The summed E-state index contributed by atoms with van der Waals surface area (Å²) in [6.07, 6.45) is 1.61. The molecule has 1 atom stereocenters. The van der Waals surface area contributed by atoms with Gasteiger partial charge in [0.25, 0.3) is 0 Å². The van der Waals surface area contributed by atoms with E-state index in [1.807, 2.05) is 0 Å². The third-order valence-corrected chi connectivity index (χ3v) is 1.39. The zero-order valence-corrected chi connectivity index (χ0v) is 6.99. The molecule has 4 heteroatoms. The van der Waals surface area contributed by atoms with Crippen LogP contribution in [0.15, 0.2) is 12.7 Å². The van der Waals surface area contributed by atoms with Crippen LogP contribution in [-0.4, -0.2) is 35.4 Å². The van der Waals surface area contributed by atoms with Crippen molar-refractivity contribution in [2.45, 2.75) is 18.9 Å². The molecule has 0 radical (unpaired) electrons. The molecule has 1 amide bonds. The minimum absolute atomic E-state index is 0.0620. The second-order valence-corrected chi connectivity index (χ2v) is 2.47. The lowest BCUT2D eigenvalue weighted by molar-refractivity contribution is -0.116. The van der Waals surface area contributed by atoms with Gasteiger partial charge in [-0.15, -0.1) is 0 Å². The SMILES string of the molecule is C=CC(=O)NCC(O)CCCO. The molecular weight excluding hydrogens is 158 g/mol. The molecule has 70 valence electrons. The van der Waals surface area contributed by atoms with E-state index < -0.39 is 6.10 Å². The average Bonchev–Trinajstić information content (AvgIpc) is 2.10. The first-order chi connectivity index (χ1) is 5.70. The molecule has 0 saturated heterocycles. The zero-order chi connectivity index (χ0) is 9.40. The van der Waals surface area contributed by atoms with Gasteiger partial charge in [-0.3, -0.25) is 4.79 Å². The van der Waals surface area contributed by atoms with Gasteiger partial charge in [0, 0.05) is 13.2 Å². The molecule has 0 fully saturated rings. The van der Waals surface area contributed by atoms with Crippen molar-refractivity contribution in [1.82, 2.24) is 5.32 Å². The van der Waals surface area contributed by atoms with Gasteiger partial charge < -0.3 is 15.5 Å². The van der Waals surface area contributed by atoms with E-state index in [2.05, 4.69) is 11.9 Å². The van der Waals surface area contributed by atoms with Gasteiger partial charge in [-0.05, 0) is 18.9 Å². The van der Waals surface area contributed by atoms with Crippen LogP contribution in [0.5, 0.6) is 0 Å². The number of nitrogens with one attached hydrogen (secondary N) is 1. The maximum atomic E-state index is 10.6. The largest absolute Gasteiger partial charge is 0.396 e. The Morgan fingerprint density at radius 3 is 2.83 bits per heavy atom. The summed E-state index contributed by atoms with van der Waals surface area (Å²) in [6, 6.07) is 0. The Kier molecular flexibility index (Phi) is 6.32. The number of amides is 1. The highest BCUT2D eigenvalue weighted by molar-refractivity contribution is 5.86. The van der Waals surface area contributed by atoms with E-state index in [-0.39, 0.29) is 19.1 Å². The lowest BCUT2D eigenvalue weighted by Gasteiger charge is -2.09. The Morgan fingerprint density at radius 1 is 1.67 bits per heavy atom. The smallest absolute Gasteiger partial charge is 0.243 e. The van der Waals surface area contributed by atoms with Crippen molar-refractivity contribution in [2.75, 3.05) is 13.2 Å². The highest BCUT2D eigenvalue weighted by Crippen LogP contribution is 1.93. The zero-order valence-electron chi connectivity index (χ0n) is 6.99. The normalized spacial score (nSPS) is 12.2. The first-order valence-electron chi connectivity index (χ1n) is 3.90. The van der Waals surface area contributed by atoms with Crippen molar-refractivity contribution >= 4 is 5.91 Å². The third-order valence-electron chi connectivity index (χ3n) is 1.39. The fourth-order valence-electron chi connectivity index (χ4n) is 0.720. The minimum Gasteiger partial charge on any atom is -0.396 e. The van der Waals surface area contributed by atoms with Crippen LogP contribution < -0.4 is 5.32 Å². The second kappa shape index (κ2) is 6.82. The summed E-state index contributed by atoms with van der Waals surface area (Å²) in [6.45, 7) is 3.54. The fourth-order valence-corrected chi connectivity index (χ4v) is 0.720. The Balaban J connectivity index is 3.36. The number of carbonyl (C=O) groups excluding carboxylic acids is 1. The summed E-state index contributed by atoms with van der Waals surface area (Å²) in [5, 5.41) is 20.0. The molecule has 0 aliphatic heterocycles. The average molecular weight is 173 g/mol. The van der Waals surface area contributed by atoms with E-state index in [9.17, 15) is 4.79 Å². The molecule has 0 bridgehead atoms. The molecule has 0 aromatic carbocycles. The molecule has 0 rings (SSSR count). The van der Waals surface area contributed by atoms with E-state index in [4.69, 9.17) is 10.2 Å². The Morgan fingerprint density at radius 2 is 2.33 bits per heavy atom. The molecule has 3 N–H and O–H groups in total. The number of carbonyl (C=O) groups is 1. The van der Waals surface area contributed by atoms with E-state index >= 15 is 0 Å². The van der Waals surface area contributed by atoms with Crippen molar-refractivity contribution in [3.8, 4) is 0 Å². The van der Waals surface area contributed by atoms with Crippen LogP contribution in [0.3, 0.4) is 0 Å². The second-order valence-electron chi connectivity index (χ2n) is 2.47. The fraction of sp³-hybridized carbons (Fsp3) is 0.625. The molecule has 4 nitrogen and oxygen atoms in total. The number of hydrogen-bond donors (Lipinski definition) is 3. The van der Waals surface area contributed by atoms with Gasteiger partial charge in [0.05, 0.1) is 6.10 Å². The topological polar surface area (TPSA) is 69.6 Å². The molecule has 0 aliphatic rings. The number of aliphatic hydroxyl groups excluding tert-OH is 2. The molecule has 0 aromatic rings. The van der Waals surface area contributed by atoms with Crippen molar-refractivity contribution in [2.24, 2.45) is 0 Å². The number of rotatable bonds is 6. The van der Waals surface area contributed by atoms with Gasteiger partial charge in [-0.1, -0.05) is 6.58 Å². The molecule has 0 saturated carbocycles. The van der Waals surface area contributed by atoms with E-state index in [1.54, 1.807) is 0 Å². The summed E-state index contributed by atoms with van der Waals surface area (Å²) in [4.78, 5) is 10.6. The molecule has 1 unspecified atom stereocenters. The van der Waals surface area contributed by atoms with Gasteiger partial charge >= 0.3 is 0 Å². The number of hydrogen-bond acceptors (Lipinski definition) is 3. The first kappa shape index (κ1) is 11.1. The van der Waals surface area contributed by atoms with E-state index in [1.165, 1.54) is 0 Å². The third kappa shape index (κ3) is 5.88. The lowest BCUT2D eigenvalue weighted by Crippen LogP contribution is -2.30. The maximum absolute atomic E-state index is 10.6. The monoisotopic (exact) mass is 173 g/mol. The van der Waals surface area contributed by atoms with E-state index in [0.717, 1.165) is 6.08 Å².